The number of hydrogen-bond donors (Lipinski definition) is 1. The lowest BCUT2D eigenvalue weighted by molar-refractivity contribution is 0.0524. The summed E-state index contributed by atoms with van der Waals surface area (Å²) in [4.78, 5) is 34.4. The van der Waals surface area contributed by atoms with Crippen LogP contribution in [-0.2, 0) is 4.74 Å². The van der Waals surface area contributed by atoms with Crippen LogP contribution in [0, 0.1) is 0 Å². The maximum Gasteiger partial charge on any atom is 0.417 e. The minimum Gasteiger partial charge on any atom is -0.481 e. The van der Waals surface area contributed by atoms with Crippen LogP contribution in [-0.4, -0.2) is 41.7 Å². The van der Waals surface area contributed by atoms with Crippen molar-refractivity contribution in [2.24, 2.45) is 0 Å². The van der Waals surface area contributed by atoms with Gasteiger partial charge >= 0.3 is 17.7 Å². The molecule has 1 N–H and O–H groups in total. The number of H-pyrrole nitrogens is 1. The minimum atomic E-state index is -0.717. The number of rotatable bonds is 6. The Bertz CT molecular complexity index is 986. The zero-order valence-corrected chi connectivity index (χ0v) is 14.2. The molecule has 2 heterocycles. The lowest BCUT2D eigenvalue weighted by atomic mass is 10.1. The standard InChI is InChI=1S/C16H15N3O7/c1-4-24-14(20)12-9(6-5-8-13(12)26-16(21)17-8)25-15-18-10(22-2)7-11(19-15)23-3/h5-7H,4H2,1-3H3,(H,17,21). The van der Waals surface area contributed by atoms with Gasteiger partial charge in [-0.15, -0.1) is 0 Å². The number of aromatic nitrogens is 3. The molecule has 10 heteroatoms. The quantitative estimate of drug-likeness (QED) is 0.655. The smallest absolute Gasteiger partial charge is 0.417 e. The van der Waals surface area contributed by atoms with Crippen molar-refractivity contribution in [2.45, 2.75) is 6.92 Å². The van der Waals surface area contributed by atoms with Gasteiger partial charge in [-0.25, -0.2) is 9.59 Å². The Morgan fingerprint density at radius 2 is 1.88 bits per heavy atom. The molecule has 3 rings (SSSR count). The summed E-state index contributed by atoms with van der Waals surface area (Å²) in [7, 11) is 2.85. The molecule has 0 radical (unpaired) electrons. The second kappa shape index (κ2) is 7.13. The fourth-order valence-electron chi connectivity index (χ4n) is 2.22. The summed E-state index contributed by atoms with van der Waals surface area (Å²) in [5.41, 5.74) is 0.281. The molecule has 0 saturated heterocycles. The number of methoxy groups -OCH3 is 2. The summed E-state index contributed by atoms with van der Waals surface area (Å²) in [5.74, 6) is -0.959. The second-order valence-corrected chi connectivity index (χ2v) is 4.89. The second-order valence-electron chi connectivity index (χ2n) is 4.89. The average molecular weight is 361 g/mol. The number of esters is 1. The summed E-state index contributed by atoms with van der Waals surface area (Å²) in [6.45, 7) is 1.79. The summed E-state index contributed by atoms with van der Waals surface area (Å²) in [6.07, 6.45) is 0. The van der Waals surface area contributed by atoms with Gasteiger partial charge in [-0.2, -0.15) is 9.97 Å². The molecule has 0 aliphatic carbocycles. The number of hydrogen-bond acceptors (Lipinski definition) is 9. The molecule has 0 aliphatic heterocycles. The molecule has 0 atom stereocenters. The first kappa shape index (κ1) is 17.3. The van der Waals surface area contributed by atoms with Gasteiger partial charge in [-0.05, 0) is 19.1 Å². The number of oxazole rings is 1. The van der Waals surface area contributed by atoms with Gasteiger partial charge in [0.1, 0.15) is 11.3 Å². The van der Waals surface area contributed by atoms with Crippen molar-refractivity contribution in [1.29, 1.82) is 0 Å². The highest BCUT2D eigenvalue weighted by atomic mass is 16.5. The van der Waals surface area contributed by atoms with Gasteiger partial charge in [0.15, 0.2) is 5.58 Å². The third-order valence-corrected chi connectivity index (χ3v) is 3.31. The number of ether oxygens (including phenoxy) is 4. The van der Waals surface area contributed by atoms with Gasteiger partial charge in [0.25, 0.3) is 0 Å². The van der Waals surface area contributed by atoms with Crippen LogP contribution in [0.1, 0.15) is 17.3 Å². The van der Waals surface area contributed by atoms with Gasteiger partial charge in [-0.3, -0.25) is 4.98 Å². The third-order valence-electron chi connectivity index (χ3n) is 3.31. The Hall–Kier alpha value is -3.56. The van der Waals surface area contributed by atoms with Crippen LogP contribution in [0.5, 0.6) is 23.5 Å². The molecule has 0 fully saturated rings. The molecule has 0 bridgehead atoms. The molecule has 0 aliphatic rings. The summed E-state index contributed by atoms with van der Waals surface area (Å²) in [6, 6.07) is 4.34. The molecular weight excluding hydrogens is 346 g/mol. The van der Waals surface area contributed by atoms with Crippen molar-refractivity contribution in [3.63, 3.8) is 0 Å². The largest absolute Gasteiger partial charge is 0.481 e. The highest BCUT2D eigenvalue weighted by Crippen LogP contribution is 2.31. The van der Waals surface area contributed by atoms with E-state index in [9.17, 15) is 9.59 Å². The topological polar surface area (TPSA) is 126 Å². The van der Waals surface area contributed by atoms with Crippen molar-refractivity contribution >= 4 is 17.1 Å². The number of benzene rings is 1. The fraction of sp³-hybridized carbons (Fsp3) is 0.250. The molecule has 0 amide bonds. The summed E-state index contributed by atoms with van der Waals surface area (Å²) < 4.78 is 25.8. The monoisotopic (exact) mass is 361 g/mol. The van der Waals surface area contributed by atoms with Crippen LogP contribution in [0.25, 0.3) is 11.1 Å². The van der Waals surface area contributed by atoms with Crippen LogP contribution in [0.4, 0.5) is 0 Å². The number of nitrogens with zero attached hydrogens (tertiary/aromatic N) is 2. The minimum absolute atomic E-state index is 0.0146. The Labute approximate surface area is 146 Å². The molecule has 10 nitrogen and oxygen atoms in total. The molecular formula is C16H15N3O7. The van der Waals surface area contributed by atoms with Crippen LogP contribution in [0.3, 0.4) is 0 Å². The predicted octanol–water partition coefficient (Wildman–Crippen LogP) is 1.90. The van der Waals surface area contributed by atoms with Gasteiger partial charge in [0, 0.05) is 0 Å². The van der Waals surface area contributed by atoms with Gasteiger partial charge in [0.2, 0.25) is 11.8 Å². The number of carbonyl (C=O) groups excluding carboxylic acids is 1. The zero-order valence-electron chi connectivity index (χ0n) is 14.2. The first-order valence-corrected chi connectivity index (χ1v) is 7.53. The SMILES string of the molecule is CCOC(=O)c1c(Oc2nc(OC)cc(OC)n2)ccc2[nH]c(=O)oc12. The van der Waals surface area contributed by atoms with Crippen molar-refractivity contribution in [3.8, 4) is 23.5 Å². The van der Waals surface area contributed by atoms with E-state index in [1.165, 1.54) is 32.4 Å². The predicted molar refractivity (Wildman–Crippen MR) is 88.0 cm³/mol. The third kappa shape index (κ3) is 3.29. The van der Waals surface area contributed by atoms with E-state index in [4.69, 9.17) is 23.4 Å². The summed E-state index contributed by atoms with van der Waals surface area (Å²) >= 11 is 0. The highest BCUT2D eigenvalue weighted by molar-refractivity contribution is 6.03. The van der Waals surface area contributed by atoms with E-state index in [2.05, 4.69) is 15.0 Å². The number of aromatic amines is 1. The molecule has 1 aromatic carbocycles. The Balaban J connectivity index is 2.11. The summed E-state index contributed by atoms with van der Waals surface area (Å²) in [5, 5.41) is 0. The molecule has 0 unspecified atom stereocenters. The Morgan fingerprint density at radius 3 is 2.50 bits per heavy atom. The van der Waals surface area contributed by atoms with Crippen molar-refractivity contribution < 1.29 is 28.2 Å². The van der Waals surface area contributed by atoms with Crippen molar-refractivity contribution in [3.05, 3.63) is 34.3 Å². The van der Waals surface area contributed by atoms with E-state index >= 15 is 0 Å². The van der Waals surface area contributed by atoms with Crippen LogP contribution in [0.15, 0.2) is 27.4 Å². The van der Waals surface area contributed by atoms with Crippen LogP contribution in [0.2, 0.25) is 0 Å². The fourth-order valence-corrected chi connectivity index (χ4v) is 2.22. The maximum absolute atomic E-state index is 12.4. The molecule has 26 heavy (non-hydrogen) atoms. The van der Waals surface area contributed by atoms with E-state index in [0.717, 1.165) is 0 Å². The van der Waals surface area contributed by atoms with E-state index in [-0.39, 0.29) is 41.3 Å². The molecule has 0 spiro atoms. The van der Waals surface area contributed by atoms with E-state index < -0.39 is 11.7 Å². The average Bonchev–Trinajstić information content (AvgIpc) is 3.01. The van der Waals surface area contributed by atoms with E-state index in [0.29, 0.717) is 5.52 Å². The zero-order chi connectivity index (χ0) is 18.7. The number of nitrogens with one attached hydrogen (secondary N) is 1. The van der Waals surface area contributed by atoms with E-state index in [1.807, 2.05) is 0 Å². The molecule has 0 saturated carbocycles. The van der Waals surface area contributed by atoms with Crippen molar-refractivity contribution in [1.82, 2.24) is 15.0 Å². The maximum atomic E-state index is 12.4. The molecule has 2 aromatic heterocycles. The van der Waals surface area contributed by atoms with Crippen LogP contribution >= 0.6 is 0 Å². The highest BCUT2D eigenvalue weighted by Gasteiger charge is 2.23. The van der Waals surface area contributed by atoms with Gasteiger partial charge < -0.3 is 23.4 Å². The normalized spacial score (nSPS) is 10.6. The Kier molecular flexibility index (Phi) is 4.74. The lowest BCUT2D eigenvalue weighted by Gasteiger charge is -2.11. The Morgan fingerprint density at radius 1 is 1.19 bits per heavy atom. The molecule has 3 aromatic rings. The number of carbonyl (C=O) groups is 1. The van der Waals surface area contributed by atoms with E-state index in [1.54, 1.807) is 6.92 Å². The van der Waals surface area contributed by atoms with Gasteiger partial charge in [0.05, 0.1) is 32.4 Å². The first-order chi connectivity index (χ1) is 12.5. The number of fused-ring (bicyclic) bond motifs is 1. The lowest BCUT2D eigenvalue weighted by Crippen LogP contribution is -2.08. The van der Waals surface area contributed by atoms with Crippen molar-refractivity contribution in [2.75, 3.05) is 20.8 Å². The van der Waals surface area contributed by atoms with Gasteiger partial charge in [-0.1, -0.05) is 0 Å². The van der Waals surface area contributed by atoms with Crippen LogP contribution < -0.4 is 20.0 Å². The molecule has 136 valence electrons. The first-order valence-electron chi connectivity index (χ1n) is 7.53.